The standard InChI is InChI=1S/22Co. The number of hydrogen-bond donors (Lipinski definition) is 0. The Bertz CT molecular complexity index is 0. The summed E-state index contributed by atoms with van der Waals surface area (Å²) in [5.41, 5.74) is 0. The Morgan fingerprint density at radius 1 is 0.0455 bits per heavy atom. The molecule has 0 fully saturated rings. The Labute approximate surface area is 360 Å². The average molecular weight is 1300 g/mol. The minimum absolute atomic E-state index is 0. The van der Waals surface area contributed by atoms with Crippen LogP contribution in [-0.4, -0.2) is 0 Å². The van der Waals surface area contributed by atoms with Crippen LogP contribution in [0.3, 0.4) is 0 Å². The van der Waals surface area contributed by atoms with Crippen LogP contribution in [0.2, 0.25) is 0 Å². The molecule has 0 aliphatic rings. The van der Waals surface area contributed by atoms with E-state index in [9.17, 15) is 0 Å². The quantitative estimate of drug-likeness (QED) is 0.320. The van der Waals surface area contributed by atoms with Crippen LogP contribution in [0.15, 0.2) is 0 Å². The molecule has 0 spiro atoms. The molecule has 0 aromatic heterocycles. The van der Waals surface area contributed by atoms with E-state index in [1.54, 1.807) is 0 Å². The van der Waals surface area contributed by atoms with Gasteiger partial charge in [0, 0.05) is 369 Å². The van der Waals surface area contributed by atoms with Gasteiger partial charge < -0.3 is 0 Å². The molecule has 0 aliphatic carbocycles. The van der Waals surface area contributed by atoms with Gasteiger partial charge in [-0.15, -0.1) is 0 Å². The molecule has 0 aliphatic heterocycles. The maximum absolute atomic E-state index is 0. The van der Waals surface area contributed by atoms with Gasteiger partial charge in [0.05, 0.1) is 0 Å². The van der Waals surface area contributed by atoms with Crippen LogP contribution < -0.4 is 0 Å². The minimum atomic E-state index is 0. The fourth-order valence-electron chi connectivity index (χ4n) is 0. The SMILES string of the molecule is [Co].[Co].[Co].[Co].[Co].[Co].[Co].[Co].[Co].[Co].[Co].[Co].[Co].[Co].[Co].[Co].[Co].[Co].[Co].[Co].[Co].[Co]. The fraction of sp³-hybridized carbons (Fsp3) is 0. The predicted molar refractivity (Wildman–Crippen MR) is 0 cm³/mol. The first-order valence-corrected chi connectivity index (χ1v) is 0. The average Bonchev–Trinajstić information content (AvgIpc) is 0. The molecule has 22 heteroatoms. The third-order valence-electron chi connectivity index (χ3n) is 0. The molecule has 0 amide bonds. The van der Waals surface area contributed by atoms with Gasteiger partial charge in [-0.05, 0) is 0 Å². The molecule has 0 nitrogen and oxygen atoms in total. The van der Waals surface area contributed by atoms with Gasteiger partial charge in [0.25, 0.3) is 0 Å². The first kappa shape index (κ1) is 276. The van der Waals surface area contributed by atoms with E-state index in [2.05, 4.69) is 0 Å². The van der Waals surface area contributed by atoms with Gasteiger partial charge in [-0.25, -0.2) is 0 Å². The zero-order chi connectivity index (χ0) is 0. The summed E-state index contributed by atoms with van der Waals surface area (Å²) in [4.78, 5) is 0. The normalized spacial score (nSPS) is 0. The van der Waals surface area contributed by atoms with E-state index >= 15 is 0 Å². The van der Waals surface area contributed by atoms with E-state index in [0.29, 0.717) is 0 Å². The van der Waals surface area contributed by atoms with Crippen molar-refractivity contribution in [2.24, 2.45) is 0 Å². The van der Waals surface area contributed by atoms with Gasteiger partial charge in [0.2, 0.25) is 0 Å². The van der Waals surface area contributed by atoms with Crippen LogP contribution in [0.1, 0.15) is 0 Å². The van der Waals surface area contributed by atoms with Gasteiger partial charge in [0.1, 0.15) is 0 Å². The summed E-state index contributed by atoms with van der Waals surface area (Å²) in [6.07, 6.45) is 0. The van der Waals surface area contributed by atoms with E-state index in [0.717, 1.165) is 0 Å². The van der Waals surface area contributed by atoms with E-state index in [1.807, 2.05) is 0 Å². The Morgan fingerprint density at radius 3 is 0.0455 bits per heavy atom. The third-order valence-corrected chi connectivity index (χ3v) is 0. The van der Waals surface area contributed by atoms with Crippen LogP contribution in [-0.2, 0) is 369 Å². The smallest absolute Gasteiger partial charge is 0 e. The maximum Gasteiger partial charge on any atom is 0 e. The first-order valence-electron chi connectivity index (χ1n) is 0. The number of hydrogen-bond acceptors (Lipinski definition) is 0. The fourth-order valence-corrected chi connectivity index (χ4v) is 0. The molecular weight excluding hydrogens is 1300 g/mol. The van der Waals surface area contributed by atoms with Crippen molar-refractivity contribution < 1.29 is 369 Å². The van der Waals surface area contributed by atoms with E-state index in [4.69, 9.17) is 0 Å². The molecule has 22 heavy (non-hydrogen) atoms. The summed E-state index contributed by atoms with van der Waals surface area (Å²) in [7, 11) is 0. The maximum atomic E-state index is 0. The molecule has 0 aromatic carbocycles. The molecule has 0 N–H and O–H groups in total. The van der Waals surface area contributed by atoms with Crippen molar-refractivity contribution in [1.29, 1.82) is 0 Å². The second kappa shape index (κ2) is 251. The van der Waals surface area contributed by atoms with Crippen molar-refractivity contribution in [2.45, 2.75) is 0 Å². The Kier molecular flexibility index (Phi) is 3150. The molecular formula is Co22. The van der Waals surface area contributed by atoms with Crippen molar-refractivity contribution >= 4 is 0 Å². The second-order valence-corrected chi connectivity index (χ2v) is 0. The largest absolute Gasteiger partial charge is 0 e. The van der Waals surface area contributed by atoms with Gasteiger partial charge in [0.15, 0.2) is 0 Å². The van der Waals surface area contributed by atoms with E-state index in [1.165, 1.54) is 0 Å². The monoisotopic (exact) mass is 1300 g/mol. The van der Waals surface area contributed by atoms with Crippen LogP contribution in [0, 0.1) is 0 Å². The zero-order valence-electron chi connectivity index (χ0n) is 7.33. The molecule has 22 radical (unpaired) electrons. The van der Waals surface area contributed by atoms with Gasteiger partial charge in [-0.1, -0.05) is 0 Å². The molecule has 0 unspecified atom stereocenters. The van der Waals surface area contributed by atoms with Gasteiger partial charge in [-0.3, -0.25) is 0 Å². The third kappa shape index (κ3) is 228. The molecule has 0 bridgehead atoms. The molecule has 0 aromatic rings. The number of rotatable bonds is 0. The molecule has 0 saturated carbocycles. The Balaban J connectivity index is 0. The Morgan fingerprint density at radius 2 is 0.0455 bits per heavy atom. The molecule has 0 rings (SSSR count). The topological polar surface area (TPSA) is 0 Å². The summed E-state index contributed by atoms with van der Waals surface area (Å²) in [5.74, 6) is 0. The molecule has 0 saturated heterocycles. The van der Waals surface area contributed by atoms with Crippen LogP contribution in [0.25, 0.3) is 0 Å². The first-order chi connectivity index (χ1) is 0. The minimum Gasteiger partial charge on any atom is 0 e. The molecule has 198 valence electrons. The predicted octanol–water partition coefficient (Wildman–Crippen LogP) is -0.0550. The van der Waals surface area contributed by atoms with Crippen molar-refractivity contribution in [3.63, 3.8) is 0 Å². The van der Waals surface area contributed by atoms with Crippen LogP contribution in [0.5, 0.6) is 0 Å². The summed E-state index contributed by atoms with van der Waals surface area (Å²) >= 11 is 0. The van der Waals surface area contributed by atoms with E-state index in [-0.39, 0.29) is 369 Å². The summed E-state index contributed by atoms with van der Waals surface area (Å²) in [6, 6.07) is 0. The summed E-state index contributed by atoms with van der Waals surface area (Å²) < 4.78 is 0. The van der Waals surface area contributed by atoms with Gasteiger partial charge in [-0.2, -0.15) is 0 Å². The van der Waals surface area contributed by atoms with Crippen molar-refractivity contribution in [1.82, 2.24) is 0 Å². The summed E-state index contributed by atoms with van der Waals surface area (Å²) in [6.45, 7) is 0. The Hall–Kier alpha value is 11.1. The zero-order valence-corrected chi connectivity index (χ0v) is 30.2. The van der Waals surface area contributed by atoms with Crippen LogP contribution >= 0.6 is 0 Å². The van der Waals surface area contributed by atoms with Crippen molar-refractivity contribution in [3.8, 4) is 0 Å². The second-order valence-electron chi connectivity index (χ2n) is 0. The van der Waals surface area contributed by atoms with Crippen molar-refractivity contribution in [3.05, 3.63) is 0 Å². The van der Waals surface area contributed by atoms with E-state index < -0.39 is 0 Å². The van der Waals surface area contributed by atoms with Crippen LogP contribution in [0.4, 0.5) is 0 Å². The van der Waals surface area contributed by atoms with Gasteiger partial charge >= 0.3 is 0 Å². The van der Waals surface area contributed by atoms with Crippen molar-refractivity contribution in [2.75, 3.05) is 0 Å². The summed E-state index contributed by atoms with van der Waals surface area (Å²) in [5, 5.41) is 0. The molecule has 0 atom stereocenters. The molecule has 0 heterocycles.